The van der Waals surface area contributed by atoms with Crippen LogP contribution in [0.2, 0.25) is 0 Å². The van der Waals surface area contributed by atoms with Crippen LogP contribution in [0.25, 0.3) is 10.1 Å². The highest BCUT2D eigenvalue weighted by molar-refractivity contribution is 7.17. The molecule has 5 nitrogen and oxygen atoms in total. The van der Waals surface area contributed by atoms with E-state index in [0.717, 1.165) is 10.1 Å². The second-order valence-electron chi connectivity index (χ2n) is 3.83. The van der Waals surface area contributed by atoms with Crippen LogP contribution in [-0.2, 0) is 4.79 Å². The molecule has 94 valence electrons. The molecule has 0 spiro atoms. The molecule has 2 amide bonds. The van der Waals surface area contributed by atoms with Gasteiger partial charge in [-0.3, -0.25) is 4.79 Å². The van der Waals surface area contributed by atoms with E-state index in [1.165, 1.54) is 6.92 Å². The van der Waals surface area contributed by atoms with Crippen molar-refractivity contribution in [2.45, 2.75) is 13.0 Å². The van der Waals surface area contributed by atoms with E-state index in [2.05, 4.69) is 10.6 Å². The maximum absolute atomic E-state index is 11.5. The summed E-state index contributed by atoms with van der Waals surface area (Å²) in [5.41, 5.74) is 0.635. The third-order valence-corrected chi connectivity index (χ3v) is 3.33. The molecule has 1 atom stereocenters. The van der Waals surface area contributed by atoms with Crippen LogP contribution in [0.1, 0.15) is 6.92 Å². The average Bonchev–Trinajstić information content (AvgIpc) is 2.75. The van der Waals surface area contributed by atoms with Crippen molar-refractivity contribution >= 4 is 39.1 Å². The van der Waals surface area contributed by atoms with Gasteiger partial charge in [0.15, 0.2) is 0 Å². The van der Waals surface area contributed by atoms with Gasteiger partial charge in [-0.2, -0.15) is 0 Å². The van der Waals surface area contributed by atoms with E-state index < -0.39 is 18.0 Å². The summed E-state index contributed by atoms with van der Waals surface area (Å²) in [6, 6.07) is 6.05. The zero-order valence-electron chi connectivity index (χ0n) is 9.64. The summed E-state index contributed by atoms with van der Waals surface area (Å²) in [6.45, 7) is 1.41. The fourth-order valence-corrected chi connectivity index (χ4v) is 2.24. The molecule has 3 N–H and O–H groups in total. The Hall–Kier alpha value is -2.08. The zero-order valence-corrected chi connectivity index (χ0v) is 10.5. The molecule has 2 aromatic rings. The number of urea groups is 1. The highest BCUT2D eigenvalue weighted by Crippen LogP contribution is 2.23. The number of aliphatic carboxylic acids is 1. The molecule has 0 aliphatic rings. The molecule has 1 heterocycles. The van der Waals surface area contributed by atoms with Gasteiger partial charge in [0, 0.05) is 10.4 Å². The van der Waals surface area contributed by atoms with Crippen molar-refractivity contribution < 1.29 is 14.7 Å². The highest BCUT2D eigenvalue weighted by atomic mass is 32.1. The first-order valence-corrected chi connectivity index (χ1v) is 6.22. The minimum Gasteiger partial charge on any atom is -0.480 e. The van der Waals surface area contributed by atoms with Crippen LogP contribution in [0.3, 0.4) is 0 Å². The topological polar surface area (TPSA) is 78.4 Å². The third-order valence-electron chi connectivity index (χ3n) is 2.43. The van der Waals surface area contributed by atoms with Gasteiger partial charge in [-0.25, -0.2) is 4.79 Å². The smallest absolute Gasteiger partial charge is 0.325 e. The Morgan fingerprint density at radius 2 is 2.11 bits per heavy atom. The van der Waals surface area contributed by atoms with Crippen molar-refractivity contribution in [3.8, 4) is 0 Å². The summed E-state index contributed by atoms with van der Waals surface area (Å²) in [5, 5.41) is 16.6. The van der Waals surface area contributed by atoms with Crippen molar-refractivity contribution in [2.75, 3.05) is 5.32 Å². The SMILES string of the molecule is CC(NC(=O)Nc1ccc2sccc2c1)C(=O)O. The molecular formula is C12H12N2O3S. The molecule has 2 rings (SSSR count). The Morgan fingerprint density at radius 1 is 1.33 bits per heavy atom. The standard InChI is InChI=1S/C12H12N2O3S/c1-7(11(15)16)13-12(17)14-9-2-3-10-8(6-9)4-5-18-10/h2-7H,1H3,(H,15,16)(H2,13,14,17). The van der Waals surface area contributed by atoms with E-state index in [1.54, 1.807) is 17.4 Å². The van der Waals surface area contributed by atoms with E-state index in [4.69, 9.17) is 5.11 Å². The maximum Gasteiger partial charge on any atom is 0.325 e. The lowest BCUT2D eigenvalue weighted by Gasteiger charge is -2.10. The number of carbonyl (C=O) groups excluding carboxylic acids is 1. The van der Waals surface area contributed by atoms with Crippen LogP contribution >= 0.6 is 11.3 Å². The number of carbonyl (C=O) groups is 2. The first-order chi connectivity index (χ1) is 8.56. The first-order valence-electron chi connectivity index (χ1n) is 5.34. The lowest BCUT2D eigenvalue weighted by Crippen LogP contribution is -2.40. The van der Waals surface area contributed by atoms with Crippen molar-refractivity contribution in [3.05, 3.63) is 29.6 Å². The van der Waals surface area contributed by atoms with Gasteiger partial charge in [0.2, 0.25) is 0 Å². The molecule has 0 bridgehead atoms. The first kappa shape index (κ1) is 12.4. The summed E-state index contributed by atoms with van der Waals surface area (Å²) in [6.07, 6.45) is 0. The average molecular weight is 264 g/mol. The van der Waals surface area contributed by atoms with Crippen LogP contribution in [0, 0.1) is 0 Å². The summed E-state index contributed by atoms with van der Waals surface area (Å²) >= 11 is 1.62. The van der Waals surface area contributed by atoms with Crippen molar-refractivity contribution in [1.82, 2.24) is 5.32 Å². The number of rotatable bonds is 3. The summed E-state index contributed by atoms with van der Waals surface area (Å²) in [7, 11) is 0. The minimum absolute atomic E-state index is 0.528. The third kappa shape index (κ3) is 2.78. The molecule has 0 radical (unpaired) electrons. The second kappa shape index (κ2) is 5.05. The molecule has 0 aliphatic carbocycles. The Kier molecular flexibility index (Phi) is 3.47. The number of hydrogen-bond acceptors (Lipinski definition) is 3. The number of benzene rings is 1. The van der Waals surface area contributed by atoms with E-state index in [1.807, 2.05) is 23.6 Å². The van der Waals surface area contributed by atoms with Crippen LogP contribution in [0.15, 0.2) is 29.6 Å². The maximum atomic E-state index is 11.5. The van der Waals surface area contributed by atoms with Gasteiger partial charge < -0.3 is 15.7 Å². The van der Waals surface area contributed by atoms with Crippen molar-refractivity contribution in [2.24, 2.45) is 0 Å². The normalized spacial score (nSPS) is 12.1. The van der Waals surface area contributed by atoms with Crippen LogP contribution in [0.4, 0.5) is 10.5 Å². The lowest BCUT2D eigenvalue weighted by molar-refractivity contribution is -0.138. The van der Waals surface area contributed by atoms with Gasteiger partial charge in [0.05, 0.1) is 0 Å². The number of carboxylic acids is 1. The van der Waals surface area contributed by atoms with Gasteiger partial charge in [0.1, 0.15) is 6.04 Å². The van der Waals surface area contributed by atoms with Gasteiger partial charge >= 0.3 is 12.0 Å². The monoisotopic (exact) mass is 264 g/mol. The number of fused-ring (bicyclic) bond motifs is 1. The van der Waals surface area contributed by atoms with E-state index in [0.29, 0.717) is 5.69 Å². The number of nitrogens with one attached hydrogen (secondary N) is 2. The number of carboxylic acid groups (broad SMARTS) is 1. The van der Waals surface area contributed by atoms with Crippen LogP contribution < -0.4 is 10.6 Å². The molecule has 0 saturated heterocycles. The summed E-state index contributed by atoms with van der Waals surface area (Å²) in [4.78, 5) is 22.1. The van der Waals surface area contributed by atoms with Crippen LogP contribution in [-0.4, -0.2) is 23.1 Å². The van der Waals surface area contributed by atoms with E-state index >= 15 is 0 Å². The molecule has 0 saturated carbocycles. The van der Waals surface area contributed by atoms with Gasteiger partial charge in [0.25, 0.3) is 0 Å². The fourth-order valence-electron chi connectivity index (χ4n) is 1.47. The molecule has 1 unspecified atom stereocenters. The minimum atomic E-state index is -1.07. The predicted molar refractivity (Wildman–Crippen MR) is 71.1 cm³/mol. The van der Waals surface area contributed by atoms with Gasteiger partial charge in [-0.1, -0.05) is 0 Å². The Morgan fingerprint density at radius 3 is 2.83 bits per heavy atom. The summed E-state index contributed by atoms with van der Waals surface area (Å²) < 4.78 is 1.14. The zero-order chi connectivity index (χ0) is 13.1. The molecule has 1 aromatic carbocycles. The Labute approximate surface area is 107 Å². The lowest BCUT2D eigenvalue weighted by atomic mass is 10.2. The van der Waals surface area contributed by atoms with Crippen molar-refractivity contribution in [1.29, 1.82) is 0 Å². The molecule has 0 aliphatic heterocycles. The van der Waals surface area contributed by atoms with Gasteiger partial charge in [-0.15, -0.1) is 11.3 Å². The fraction of sp³-hybridized carbons (Fsp3) is 0.167. The van der Waals surface area contributed by atoms with E-state index in [-0.39, 0.29) is 0 Å². The Bertz CT molecular complexity index is 594. The molecule has 0 fully saturated rings. The highest BCUT2D eigenvalue weighted by Gasteiger charge is 2.13. The molecule has 1 aromatic heterocycles. The molecule has 6 heteroatoms. The largest absolute Gasteiger partial charge is 0.480 e. The van der Waals surface area contributed by atoms with Crippen molar-refractivity contribution in [3.63, 3.8) is 0 Å². The number of anilines is 1. The number of amides is 2. The van der Waals surface area contributed by atoms with Crippen LogP contribution in [0.5, 0.6) is 0 Å². The summed E-state index contributed by atoms with van der Waals surface area (Å²) in [5.74, 6) is -1.07. The second-order valence-corrected chi connectivity index (χ2v) is 4.78. The molecular weight excluding hydrogens is 252 g/mol. The van der Waals surface area contributed by atoms with E-state index in [9.17, 15) is 9.59 Å². The molecule has 18 heavy (non-hydrogen) atoms. The van der Waals surface area contributed by atoms with Gasteiger partial charge in [-0.05, 0) is 42.0 Å². The number of thiophene rings is 1. The quantitative estimate of drug-likeness (QED) is 0.797. The number of hydrogen-bond donors (Lipinski definition) is 3. The predicted octanol–water partition coefficient (Wildman–Crippen LogP) is 2.50. The Balaban J connectivity index is 2.04.